The number of hydrogen-bond acceptors (Lipinski definition) is 4. The summed E-state index contributed by atoms with van der Waals surface area (Å²) < 4.78 is 39.3. The number of hydrogen-bond donors (Lipinski definition) is 1. The molecule has 3 aromatic rings. The molecule has 0 bridgehead atoms. The van der Waals surface area contributed by atoms with Crippen LogP contribution in [0.15, 0.2) is 90.2 Å². The fourth-order valence-electron chi connectivity index (χ4n) is 4.27. The van der Waals surface area contributed by atoms with Gasteiger partial charge in [-0.25, -0.2) is 0 Å². The number of nitrogens with zero attached hydrogens (tertiary/aromatic N) is 2. The van der Waals surface area contributed by atoms with Crippen molar-refractivity contribution in [1.29, 1.82) is 0 Å². The van der Waals surface area contributed by atoms with Gasteiger partial charge in [0.25, 0.3) is 5.91 Å². The molecule has 0 fully saturated rings. The number of amides is 1. The number of carbonyl (C=O) groups is 2. The Balaban J connectivity index is 1.73. The highest BCUT2D eigenvalue weighted by atomic mass is 19.4. The highest BCUT2D eigenvalue weighted by Gasteiger charge is 2.44. The summed E-state index contributed by atoms with van der Waals surface area (Å²) in [5, 5.41) is 10.8. The quantitative estimate of drug-likeness (QED) is 0.446. The molecule has 1 aliphatic rings. The van der Waals surface area contributed by atoms with Crippen LogP contribution in [0.25, 0.3) is 0 Å². The zero-order valence-electron chi connectivity index (χ0n) is 19.8. The highest BCUT2D eigenvalue weighted by Crippen LogP contribution is 2.42. The number of benzene rings is 3. The van der Waals surface area contributed by atoms with E-state index in [0.717, 1.165) is 23.4 Å². The Morgan fingerprint density at radius 2 is 1.56 bits per heavy atom. The second-order valence-electron chi connectivity index (χ2n) is 8.78. The van der Waals surface area contributed by atoms with E-state index >= 15 is 0 Å². The molecule has 0 spiro atoms. The second-order valence-corrected chi connectivity index (χ2v) is 8.78. The summed E-state index contributed by atoms with van der Waals surface area (Å²) in [6.45, 7) is 0. The van der Waals surface area contributed by atoms with E-state index in [-0.39, 0.29) is 17.7 Å². The first-order valence-electron chi connectivity index (χ1n) is 11.4. The van der Waals surface area contributed by atoms with Crippen molar-refractivity contribution in [1.82, 2.24) is 0 Å². The smallest absolute Gasteiger partial charge is 0.416 e. The Morgan fingerprint density at radius 3 is 2.11 bits per heavy atom. The third-order valence-electron chi connectivity index (χ3n) is 6.19. The van der Waals surface area contributed by atoms with Crippen LogP contribution in [-0.4, -0.2) is 30.9 Å². The first-order chi connectivity index (χ1) is 17.1. The number of alkyl halides is 3. The third-order valence-corrected chi connectivity index (χ3v) is 6.19. The fraction of sp³-hybridized carbons (Fsp3) is 0.214. The minimum atomic E-state index is -4.53. The number of carbonyl (C=O) groups excluding carboxylic acids is 2. The maximum atomic E-state index is 13.3. The Bertz CT molecular complexity index is 1280. The number of aryl methyl sites for hydroxylation is 1. The van der Waals surface area contributed by atoms with Gasteiger partial charge in [-0.15, -0.1) is 0 Å². The molecule has 0 aromatic heterocycles. The van der Waals surface area contributed by atoms with Gasteiger partial charge in [0.2, 0.25) is 0 Å². The van der Waals surface area contributed by atoms with Crippen LogP contribution in [0.5, 0.6) is 0 Å². The van der Waals surface area contributed by atoms with Crippen molar-refractivity contribution in [3.63, 3.8) is 0 Å². The van der Waals surface area contributed by atoms with Gasteiger partial charge in [0, 0.05) is 31.9 Å². The molecule has 0 saturated heterocycles. The van der Waals surface area contributed by atoms with Crippen LogP contribution in [0.4, 0.5) is 24.5 Å². The molecular weight excluding hydrogens is 469 g/mol. The molecule has 3 aromatic carbocycles. The summed E-state index contributed by atoms with van der Waals surface area (Å²) in [5.74, 6) is -1.92. The van der Waals surface area contributed by atoms with Crippen molar-refractivity contribution < 1.29 is 27.9 Å². The molecule has 36 heavy (non-hydrogen) atoms. The lowest BCUT2D eigenvalue weighted by molar-refractivity contribution is -0.137. The number of aliphatic hydroxyl groups excluding tert-OH is 1. The normalized spacial score (nSPS) is 16.0. The third kappa shape index (κ3) is 4.98. The van der Waals surface area contributed by atoms with Crippen molar-refractivity contribution in [2.75, 3.05) is 23.9 Å². The summed E-state index contributed by atoms with van der Waals surface area (Å²) >= 11 is 0. The van der Waals surface area contributed by atoms with Gasteiger partial charge in [-0.3, -0.25) is 14.5 Å². The number of rotatable bonds is 7. The van der Waals surface area contributed by atoms with Crippen LogP contribution < -0.4 is 9.80 Å². The first-order valence-corrected chi connectivity index (χ1v) is 11.4. The van der Waals surface area contributed by atoms with Crippen molar-refractivity contribution in [3.05, 3.63) is 107 Å². The lowest BCUT2D eigenvalue weighted by Gasteiger charge is -2.27. The van der Waals surface area contributed by atoms with Crippen LogP contribution in [0, 0.1) is 0 Å². The zero-order chi connectivity index (χ0) is 26.0. The lowest BCUT2D eigenvalue weighted by Crippen LogP contribution is -2.31. The van der Waals surface area contributed by atoms with Crippen LogP contribution in [0.1, 0.15) is 29.2 Å². The molecule has 1 unspecified atom stereocenters. The highest BCUT2D eigenvalue weighted by molar-refractivity contribution is 6.16. The van der Waals surface area contributed by atoms with Crippen molar-refractivity contribution >= 4 is 23.1 Å². The maximum Gasteiger partial charge on any atom is 0.416 e. The Morgan fingerprint density at radius 1 is 0.944 bits per heavy atom. The molecule has 1 N–H and O–H groups in total. The van der Waals surface area contributed by atoms with E-state index in [0.29, 0.717) is 12.0 Å². The number of aliphatic hydroxyl groups is 1. The summed E-state index contributed by atoms with van der Waals surface area (Å²) in [6, 6.07) is 19.6. The van der Waals surface area contributed by atoms with Gasteiger partial charge in [0.05, 0.1) is 17.2 Å². The van der Waals surface area contributed by atoms with Crippen LogP contribution in [-0.2, 0) is 22.2 Å². The molecule has 4 rings (SSSR count). The first kappa shape index (κ1) is 25.0. The van der Waals surface area contributed by atoms with Gasteiger partial charge in [-0.05, 0) is 53.9 Å². The van der Waals surface area contributed by atoms with Gasteiger partial charge in [0.1, 0.15) is 0 Å². The van der Waals surface area contributed by atoms with Gasteiger partial charge in [-0.2, -0.15) is 13.2 Å². The predicted molar refractivity (Wildman–Crippen MR) is 132 cm³/mol. The Hall–Kier alpha value is -4.07. The molecule has 8 heteroatoms. The number of halogens is 3. The van der Waals surface area contributed by atoms with E-state index in [1.165, 1.54) is 17.0 Å². The predicted octanol–water partition coefficient (Wildman–Crippen LogP) is 5.87. The Labute approximate surface area is 207 Å². The molecule has 1 atom stereocenters. The van der Waals surface area contributed by atoms with Gasteiger partial charge in [0.15, 0.2) is 11.5 Å². The molecular formula is C28H25F3N2O3. The van der Waals surface area contributed by atoms with E-state index in [2.05, 4.69) is 0 Å². The Kier molecular flexibility index (Phi) is 6.88. The number of ketones is 1. The summed E-state index contributed by atoms with van der Waals surface area (Å²) in [6.07, 6.45) is -4.06. The maximum absolute atomic E-state index is 13.3. The van der Waals surface area contributed by atoms with Crippen molar-refractivity contribution in [2.24, 2.45) is 0 Å². The summed E-state index contributed by atoms with van der Waals surface area (Å²) in [5.41, 5.74) is 1.60. The lowest BCUT2D eigenvalue weighted by atomic mass is 9.93. The zero-order valence-corrected chi connectivity index (χ0v) is 19.8. The van der Waals surface area contributed by atoms with E-state index in [4.69, 9.17) is 0 Å². The summed E-state index contributed by atoms with van der Waals surface area (Å²) in [7, 11) is 3.74. The van der Waals surface area contributed by atoms with Gasteiger partial charge in [-0.1, -0.05) is 42.5 Å². The minimum Gasteiger partial charge on any atom is -0.503 e. The monoisotopic (exact) mass is 494 g/mol. The van der Waals surface area contributed by atoms with Crippen molar-refractivity contribution in [2.45, 2.75) is 25.1 Å². The topological polar surface area (TPSA) is 60.9 Å². The minimum absolute atomic E-state index is 0.0593. The molecule has 0 saturated carbocycles. The molecule has 1 aliphatic heterocycles. The largest absolute Gasteiger partial charge is 0.503 e. The van der Waals surface area contributed by atoms with Gasteiger partial charge < -0.3 is 10.0 Å². The average Bonchev–Trinajstić information content (AvgIpc) is 3.13. The standard InChI is InChI=1S/C28H25F3N2O3/c1-32(2)21-13-9-19(10-14-21)25-24(23(34)17-8-18-6-4-3-5-7-18)26(35)27(36)33(25)22-15-11-20(12-16-22)28(29,30)31/h3-7,9-16,25,35H,8,17H2,1-2H3. The average molecular weight is 495 g/mol. The SMILES string of the molecule is CN(C)c1ccc(C2C(C(=O)CCc3ccccc3)=C(O)C(=O)N2c2ccc(C(F)(F)F)cc2)cc1. The summed E-state index contributed by atoms with van der Waals surface area (Å²) in [4.78, 5) is 29.6. The van der Waals surface area contributed by atoms with Gasteiger partial charge >= 0.3 is 6.18 Å². The second kappa shape index (κ2) is 9.89. The van der Waals surface area contributed by atoms with Crippen LogP contribution >= 0.6 is 0 Å². The molecule has 1 amide bonds. The molecule has 0 aliphatic carbocycles. The fourth-order valence-corrected chi connectivity index (χ4v) is 4.27. The molecule has 5 nitrogen and oxygen atoms in total. The van der Waals surface area contributed by atoms with Crippen LogP contribution in [0.3, 0.4) is 0 Å². The molecule has 1 heterocycles. The van der Waals surface area contributed by atoms with E-state index in [1.807, 2.05) is 61.5 Å². The van der Waals surface area contributed by atoms with E-state index in [1.54, 1.807) is 12.1 Å². The van der Waals surface area contributed by atoms with Crippen LogP contribution in [0.2, 0.25) is 0 Å². The van der Waals surface area contributed by atoms with E-state index < -0.39 is 35.2 Å². The number of Topliss-reactive ketones (excluding diaryl/α,β-unsaturated/α-hetero) is 1. The van der Waals surface area contributed by atoms with E-state index in [9.17, 15) is 27.9 Å². The van der Waals surface area contributed by atoms with Crippen molar-refractivity contribution in [3.8, 4) is 0 Å². The molecule has 0 radical (unpaired) electrons. The molecule has 186 valence electrons. The number of anilines is 2.